The monoisotopic (exact) mass is 468 g/mol. The zero-order valence-corrected chi connectivity index (χ0v) is 17.9. The number of aliphatic hydroxyl groups excluding tert-OH is 4. The van der Waals surface area contributed by atoms with Crippen LogP contribution < -0.4 is 4.74 Å². The summed E-state index contributed by atoms with van der Waals surface area (Å²) in [5, 5.41) is 51.1. The molecule has 1 aliphatic heterocycles. The van der Waals surface area contributed by atoms with Gasteiger partial charge in [-0.15, -0.1) is 0 Å². The molecule has 178 valence electrons. The predicted octanol–water partition coefficient (Wildman–Crippen LogP) is -0.231. The summed E-state index contributed by atoms with van der Waals surface area (Å²) < 4.78 is 14.4. The summed E-state index contributed by atoms with van der Waals surface area (Å²) in [4.78, 5) is 8.43. The highest BCUT2D eigenvalue weighted by molar-refractivity contribution is 5.82. The molecule has 5 rings (SSSR count). The number of aromatic nitrogens is 4. The van der Waals surface area contributed by atoms with Crippen LogP contribution in [0.25, 0.3) is 16.7 Å². The minimum Gasteiger partial charge on any atom is -0.452 e. The Balaban J connectivity index is 1.44. The maximum absolute atomic E-state index is 10.9. The molecule has 1 unspecified atom stereocenters. The summed E-state index contributed by atoms with van der Waals surface area (Å²) in [5.41, 5.74) is 3.00. The Morgan fingerprint density at radius 1 is 1.06 bits per heavy atom. The van der Waals surface area contributed by atoms with Crippen molar-refractivity contribution in [1.82, 2.24) is 19.1 Å². The number of nitrogens with zero attached hydrogens (tertiary/aromatic N) is 4. The fraction of sp³-hybridized carbons (Fsp3) is 0.304. The summed E-state index contributed by atoms with van der Waals surface area (Å²) >= 11 is 0. The van der Waals surface area contributed by atoms with Crippen molar-refractivity contribution in [2.45, 2.75) is 36.9 Å². The molecule has 0 aliphatic carbocycles. The lowest BCUT2D eigenvalue weighted by Crippen LogP contribution is -2.69. The molecule has 34 heavy (non-hydrogen) atoms. The molecule has 11 heteroatoms. The molecular weight excluding hydrogens is 444 g/mol. The lowest BCUT2D eigenvalue weighted by molar-refractivity contribution is -0.385. The van der Waals surface area contributed by atoms with Crippen LogP contribution in [-0.4, -0.2) is 81.6 Å². The zero-order chi connectivity index (χ0) is 23.9. The molecule has 1 fully saturated rings. The third kappa shape index (κ3) is 3.84. The number of hydrogen-bond acceptors (Lipinski definition) is 9. The zero-order valence-electron chi connectivity index (χ0n) is 17.9. The Labute approximate surface area is 193 Å². The first-order valence-corrected chi connectivity index (χ1v) is 10.6. The molecule has 1 aliphatic rings. The maximum atomic E-state index is 10.9. The van der Waals surface area contributed by atoms with Gasteiger partial charge in [-0.05, 0) is 29.8 Å². The lowest BCUT2D eigenvalue weighted by atomic mass is 9.96. The van der Waals surface area contributed by atoms with Crippen LogP contribution in [0, 0.1) is 0 Å². The van der Waals surface area contributed by atoms with Crippen LogP contribution >= 0.6 is 0 Å². The molecule has 0 saturated carbocycles. The van der Waals surface area contributed by atoms with Crippen LogP contribution in [0.15, 0.2) is 67.5 Å². The van der Waals surface area contributed by atoms with E-state index in [-0.39, 0.29) is 5.75 Å². The van der Waals surface area contributed by atoms with Gasteiger partial charge >= 0.3 is 0 Å². The summed E-state index contributed by atoms with van der Waals surface area (Å²) in [5.74, 6) is -2.56. The predicted molar refractivity (Wildman–Crippen MR) is 118 cm³/mol. The molecule has 2 aromatic heterocycles. The van der Waals surface area contributed by atoms with Crippen molar-refractivity contribution >= 4 is 11.0 Å². The van der Waals surface area contributed by atoms with Gasteiger partial charge in [0.1, 0.15) is 23.5 Å². The number of para-hydroxylation sites is 1. The number of fused-ring (bicyclic) bond motifs is 1. The van der Waals surface area contributed by atoms with Crippen LogP contribution in [0.4, 0.5) is 0 Å². The van der Waals surface area contributed by atoms with E-state index in [1.165, 1.54) is 0 Å². The minimum absolute atomic E-state index is 0.115. The van der Waals surface area contributed by atoms with E-state index < -0.39 is 37.0 Å². The van der Waals surface area contributed by atoms with Crippen molar-refractivity contribution in [3.63, 3.8) is 0 Å². The van der Waals surface area contributed by atoms with Crippen LogP contribution in [0.3, 0.4) is 0 Å². The molecule has 0 radical (unpaired) electrons. The number of ether oxygens (including phenoxy) is 2. The van der Waals surface area contributed by atoms with Crippen LogP contribution in [-0.2, 0) is 11.3 Å². The largest absolute Gasteiger partial charge is 0.452 e. The fourth-order valence-corrected chi connectivity index (χ4v) is 4.05. The SMILES string of the molecule is OC[C@H]1OC(O)[C@@](O)(Oc2cccc3ncn(Cc4ccc(-n5ccnc5)cc4)c23)[C@@H](O)[C@@H]1O. The van der Waals surface area contributed by atoms with E-state index in [9.17, 15) is 25.5 Å². The molecule has 2 aromatic carbocycles. The summed E-state index contributed by atoms with van der Waals surface area (Å²) in [6.45, 7) is -0.232. The van der Waals surface area contributed by atoms with Gasteiger partial charge in [0.05, 0.1) is 24.8 Å². The summed E-state index contributed by atoms with van der Waals surface area (Å²) in [6, 6.07) is 12.8. The number of aliphatic hydroxyl groups is 5. The Morgan fingerprint density at radius 3 is 2.56 bits per heavy atom. The van der Waals surface area contributed by atoms with Gasteiger partial charge in [0.25, 0.3) is 5.79 Å². The Kier molecular flexibility index (Phi) is 5.81. The van der Waals surface area contributed by atoms with Crippen molar-refractivity contribution in [3.8, 4) is 11.4 Å². The first kappa shape index (κ1) is 22.5. The van der Waals surface area contributed by atoms with Crippen LogP contribution in [0.5, 0.6) is 5.75 Å². The smallest absolute Gasteiger partial charge is 0.288 e. The quantitative estimate of drug-likeness (QED) is 0.241. The second-order valence-corrected chi connectivity index (χ2v) is 8.13. The van der Waals surface area contributed by atoms with Crippen LogP contribution in [0.1, 0.15) is 5.56 Å². The van der Waals surface area contributed by atoms with Gasteiger partial charge in [-0.3, -0.25) is 0 Å². The first-order valence-electron chi connectivity index (χ1n) is 10.6. The van der Waals surface area contributed by atoms with E-state index in [1.807, 2.05) is 35.0 Å². The van der Waals surface area contributed by atoms with Crippen molar-refractivity contribution in [1.29, 1.82) is 0 Å². The van der Waals surface area contributed by atoms with E-state index in [2.05, 4.69) is 9.97 Å². The van der Waals surface area contributed by atoms with Gasteiger partial charge in [-0.1, -0.05) is 18.2 Å². The van der Waals surface area contributed by atoms with Gasteiger partial charge in [0.15, 0.2) is 6.10 Å². The molecule has 3 heterocycles. The molecule has 0 spiro atoms. The van der Waals surface area contributed by atoms with E-state index in [0.717, 1.165) is 11.3 Å². The molecule has 5 atom stereocenters. The molecule has 5 N–H and O–H groups in total. The Hall–Kier alpha value is -3.32. The average Bonchev–Trinajstić information content (AvgIpc) is 3.52. The average molecular weight is 468 g/mol. The van der Waals surface area contributed by atoms with Crippen LogP contribution in [0.2, 0.25) is 0 Å². The molecule has 11 nitrogen and oxygen atoms in total. The van der Waals surface area contributed by atoms with Gasteiger partial charge < -0.3 is 44.1 Å². The number of hydrogen-bond donors (Lipinski definition) is 5. The first-order chi connectivity index (χ1) is 16.4. The molecule has 4 aromatic rings. The van der Waals surface area contributed by atoms with Crippen molar-refractivity contribution in [2.24, 2.45) is 0 Å². The highest BCUT2D eigenvalue weighted by Gasteiger charge is 2.57. The second kappa shape index (κ2) is 8.80. The maximum Gasteiger partial charge on any atom is 0.288 e. The topological polar surface area (TPSA) is 155 Å². The molecular formula is C23H24N4O7. The lowest BCUT2D eigenvalue weighted by Gasteiger charge is -2.45. The molecule has 0 amide bonds. The Bertz CT molecular complexity index is 1260. The fourth-order valence-electron chi connectivity index (χ4n) is 4.05. The van der Waals surface area contributed by atoms with Gasteiger partial charge in [-0.25, -0.2) is 9.97 Å². The van der Waals surface area contributed by atoms with E-state index in [0.29, 0.717) is 17.6 Å². The van der Waals surface area contributed by atoms with E-state index in [1.54, 1.807) is 41.6 Å². The second-order valence-electron chi connectivity index (χ2n) is 8.13. The standard InChI is InChI=1S/C23H24N4O7/c28-11-18-20(29)21(30)23(32,22(31)33-18)34-17-3-1-2-16-19(17)27(13-25-16)10-14-4-6-15(7-5-14)26-9-8-24-12-26/h1-9,12-13,18,20-22,28-32H,10-11H2/t18-,20-,21+,22?,23+/m1/s1. The van der Waals surface area contributed by atoms with Crippen molar-refractivity contribution < 1.29 is 35.0 Å². The number of rotatable bonds is 6. The van der Waals surface area contributed by atoms with Gasteiger partial charge in [0, 0.05) is 24.6 Å². The van der Waals surface area contributed by atoms with Gasteiger partial charge in [-0.2, -0.15) is 0 Å². The third-order valence-corrected chi connectivity index (χ3v) is 5.93. The van der Waals surface area contributed by atoms with E-state index >= 15 is 0 Å². The van der Waals surface area contributed by atoms with E-state index in [4.69, 9.17) is 9.47 Å². The highest BCUT2D eigenvalue weighted by Crippen LogP contribution is 2.35. The summed E-state index contributed by atoms with van der Waals surface area (Å²) in [7, 11) is 0. The molecule has 0 bridgehead atoms. The summed E-state index contributed by atoms with van der Waals surface area (Å²) in [6.07, 6.45) is -0.0475. The third-order valence-electron chi connectivity index (χ3n) is 5.93. The number of imidazole rings is 2. The van der Waals surface area contributed by atoms with Crippen molar-refractivity contribution in [3.05, 3.63) is 73.1 Å². The highest BCUT2D eigenvalue weighted by atomic mass is 16.7. The van der Waals surface area contributed by atoms with Gasteiger partial charge in [0.2, 0.25) is 6.29 Å². The molecule has 1 saturated heterocycles. The Morgan fingerprint density at radius 2 is 1.85 bits per heavy atom. The minimum atomic E-state index is -2.68. The normalized spacial score (nSPS) is 27.2. The number of benzene rings is 2. The van der Waals surface area contributed by atoms with Crippen molar-refractivity contribution in [2.75, 3.05) is 6.61 Å².